The maximum Gasteiger partial charge on any atom is 0.0182 e. The third kappa shape index (κ3) is 2.12. The minimum absolute atomic E-state index is 0.522. The minimum Gasteiger partial charge on any atom is -0.312 e. The molecule has 2 heteroatoms. The Morgan fingerprint density at radius 1 is 1.21 bits per heavy atom. The normalized spacial score (nSPS) is 34.3. The Labute approximate surface area is 88.1 Å². The molecular weight excluding hydrogens is 172 g/mol. The molecule has 2 nitrogen and oxygen atoms in total. The highest BCUT2D eigenvalue weighted by Gasteiger charge is 2.34. The number of hydrogen-bond donors (Lipinski definition) is 1. The highest BCUT2D eigenvalue weighted by atomic mass is 15.2. The largest absolute Gasteiger partial charge is 0.312 e. The molecule has 0 unspecified atom stereocenters. The lowest BCUT2D eigenvalue weighted by molar-refractivity contribution is 0.0420. The summed E-state index contributed by atoms with van der Waals surface area (Å²) in [7, 11) is 0. The van der Waals surface area contributed by atoms with Crippen LogP contribution in [0, 0.1) is 0 Å². The first-order valence-electron chi connectivity index (χ1n) is 6.19. The molecule has 2 aliphatic rings. The fourth-order valence-electron chi connectivity index (χ4n) is 3.05. The summed E-state index contributed by atoms with van der Waals surface area (Å²) in [5, 5.41) is 3.53. The summed E-state index contributed by atoms with van der Waals surface area (Å²) in [6.07, 6.45) is 7.17. The van der Waals surface area contributed by atoms with Gasteiger partial charge in [0.25, 0.3) is 0 Å². The Kier molecular flexibility index (Phi) is 3.13. The van der Waals surface area contributed by atoms with E-state index in [1.807, 2.05) is 0 Å². The zero-order chi connectivity index (χ0) is 10.0. The van der Waals surface area contributed by atoms with E-state index in [0.717, 1.165) is 0 Å². The fraction of sp³-hybridized carbons (Fsp3) is 1.00. The summed E-state index contributed by atoms with van der Waals surface area (Å²) in [5.74, 6) is 0. The van der Waals surface area contributed by atoms with Crippen LogP contribution in [-0.2, 0) is 0 Å². The lowest BCUT2D eigenvalue weighted by Crippen LogP contribution is -2.58. The first-order valence-corrected chi connectivity index (χ1v) is 6.19. The lowest BCUT2D eigenvalue weighted by Gasteiger charge is -2.47. The molecule has 1 heterocycles. The highest BCUT2D eigenvalue weighted by Crippen LogP contribution is 2.33. The zero-order valence-electron chi connectivity index (χ0n) is 9.68. The number of rotatable bonds is 1. The predicted octanol–water partition coefficient (Wildman–Crippen LogP) is 2.00. The van der Waals surface area contributed by atoms with Crippen molar-refractivity contribution in [2.24, 2.45) is 0 Å². The molecule has 1 atom stereocenters. The van der Waals surface area contributed by atoms with Gasteiger partial charge in [-0.05, 0) is 26.7 Å². The Hall–Kier alpha value is -0.0800. The van der Waals surface area contributed by atoms with Gasteiger partial charge >= 0.3 is 0 Å². The van der Waals surface area contributed by atoms with E-state index < -0.39 is 0 Å². The Morgan fingerprint density at radius 3 is 2.57 bits per heavy atom. The predicted molar refractivity (Wildman–Crippen MR) is 60.5 cm³/mol. The van der Waals surface area contributed by atoms with Gasteiger partial charge in [-0.1, -0.05) is 19.3 Å². The van der Waals surface area contributed by atoms with Crippen LogP contribution in [0.4, 0.5) is 0 Å². The van der Waals surface area contributed by atoms with Crippen molar-refractivity contribution in [1.29, 1.82) is 0 Å². The van der Waals surface area contributed by atoms with E-state index in [0.29, 0.717) is 11.6 Å². The number of hydrogen-bond acceptors (Lipinski definition) is 2. The van der Waals surface area contributed by atoms with E-state index in [2.05, 4.69) is 24.1 Å². The summed E-state index contributed by atoms with van der Waals surface area (Å²) in [4.78, 5) is 2.73. The van der Waals surface area contributed by atoms with Crippen molar-refractivity contribution in [2.45, 2.75) is 57.5 Å². The van der Waals surface area contributed by atoms with E-state index >= 15 is 0 Å². The van der Waals surface area contributed by atoms with Crippen LogP contribution >= 0.6 is 0 Å². The van der Waals surface area contributed by atoms with E-state index in [1.54, 1.807) is 0 Å². The quantitative estimate of drug-likeness (QED) is 0.690. The first kappa shape index (κ1) is 10.4. The number of nitrogens with zero attached hydrogens (tertiary/aromatic N) is 1. The Morgan fingerprint density at radius 2 is 1.93 bits per heavy atom. The van der Waals surface area contributed by atoms with E-state index in [1.165, 1.54) is 51.7 Å². The third-order valence-electron chi connectivity index (χ3n) is 4.06. The molecule has 0 aromatic heterocycles. The van der Waals surface area contributed by atoms with Crippen LogP contribution in [0.2, 0.25) is 0 Å². The van der Waals surface area contributed by atoms with Crippen LogP contribution in [0.5, 0.6) is 0 Å². The molecule has 0 radical (unpaired) electrons. The van der Waals surface area contributed by atoms with Gasteiger partial charge in [0.2, 0.25) is 0 Å². The van der Waals surface area contributed by atoms with Gasteiger partial charge in [-0.25, -0.2) is 0 Å². The summed E-state index contributed by atoms with van der Waals surface area (Å²) in [6.45, 7) is 8.46. The average Bonchev–Trinajstić information content (AvgIpc) is 2.19. The number of nitrogens with one attached hydrogen (secondary N) is 1. The minimum atomic E-state index is 0.522. The van der Waals surface area contributed by atoms with Crippen LogP contribution in [0.15, 0.2) is 0 Å². The summed E-state index contributed by atoms with van der Waals surface area (Å²) >= 11 is 0. The second kappa shape index (κ2) is 4.19. The fourth-order valence-corrected chi connectivity index (χ4v) is 3.05. The molecule has 1 aliphatic carbocycles. The molecule has 82 valence electrons. The standard InChI is InChI=1S/C12H24N2/c1-11-10-14(9-8-13-11)12(2)6-4-3-5-7-12/h11,13H,3-10H2,1-2H3/t11-/m0/s1. The zero-order valence-corrected chi connectivity index (χ0v) is 9.68. The van der Waals surface area contributed by atoms with Crippen molar-refractivity contribution in [3.63, 3.8) is 0 Å². The molecular formula is C12H24N2. The van der Waals surface area contributed by atoms with Crippen molar-refractivity contribution in [3.05, 3.63) is 0 Å². The molecule has 0 aromatic carbocycles. The molecule has 1 saturated carbocycles. The van der Waals surface area contributed by atoms with Crippen molar-refractivity contribution >= 4 is 0 Å². The van der Waals surface area contributed by atoms with Crippen LogP contribution < -0.4 is 5.32 Å². The maximum absolute atomic E-state index is 3.53. The second-order valence-corrected chi connectivity index (χ2v) is 5.36. The van der Waals surface area contributed by atoms with Crippen LogP contribution in [0.3, 0.4) is 0 Å². The summed E-state index contributed by atoms with van der Waals surface area (Å²) in [6, 6.07) is 0.683. The summed E-state index contributed by atoms with van der Waals surface area (Å²) < 4.78 is 0. The van der Waals surface area contributed by atoms with Gasteiger partial charge in [-0.2, -0.15) is 0 Å². The highest BCUT2D eigenvalue weighted by molar-refractivity contribution is 4.92. The molecule has 1 saturated heterocycles. The molecule has 1 aliphatic heterocycles. The van der Waals surface area contributed by atoms with Gasteiger partial charge in [0.05, 0.1) is 0 Å². The smallest absolute Gasteiger partial charge is 0.0182 e. The van der Waals surface area contributed by atoms with E-state index in [-0.39, 0.29) is 0 Å². The van der Waals surface area contributed by atoms with Gasteiger partial charge in [-0.15, -0.1) is 0 Å². The molecule has 2 fully saturated rings. The summed E-state index contributed by atoms with van der Waals surface area (Å²) in [5.41, 5.74) is 0.522. The molecule has 2 rings (SSSR count). The van der Waals surface area contributed by atoms with Gasteiger partial charge in [0.1, 0.15) is 0 Å². The maximum atomic E-state index is 3.53. The van der Waals surface area contributed by atoms with Gasteiger partial charge < -0.3 is 5.32 Å². The van der Waals surface area contributed by atoms with Crippen molar-refractivity contribution in [3.8, 4) is 0 Å². The topological polar surface area (TPSA) is 15.3 Å². The van der Waals surface area contributed by atoms with Crippen LogP contribution in [0.25, 0.3) is 0 Å². The number of piperazine rings is 1. The Bertz CT molecular complexity index is 185. The van der Waals surface area contributed by atoms with E-state index in [4.69, 9.17) is 0 Å². The SMILES string of the molecule is C[C@H]1CN(C2(C)CCCCC2)CCN1. The van der Waals surface area contributed by atoms with E-state index in [9.17, 15) is 0 Å². The molecule has 1 N–H and O–H groups in total. The third-order valence-corrected chi connectivity index (χ3v) is 4.06. The molecule has 0 spiro atoms. The monoisotopic (exact) mass is 196 g/mol. The molecule has 0 aromatic rings. The molecule has 0 amide bonds. The van der Waals surface area contributed by atoms with Gasteiger partial charge in [0.15, 0.2) is 0 Å². The molecule has 0 bridgehead atoms. The lowest BCUT2D eigenvalue weighted by atomic mass is 9.81. The van der Waals surface area contributed by atoms with Crippen LogP contribution in [-0.4, -0.2) is 36.1 Å². The van der Waals surface area contributed by atoms with Crippen molar-refractivity contribution < 1.29 is 0 Å². The van der Waals surface area contributed by atoms with Gasteiger partial charge in [-0.3, -0.25) is 4.90 Å². The van der Waals surface area contributed by atoms with Crippen molar-refractivity contribution in [1.82, 2.24) is 10.2 Å². The molecule has 14 heavy (non-hydrogen) atoms. The van der Waals surface area contributed by atoms with Gasteiger partial charge in [0, 0.05) is 31.2 Å². The van der Waals surface area contributed by atoms with Crippen molar-refractivity contribution in [2.75, 3.05) is 19.6 Å². The second-order valence-electron chi connectivity index (χ2n) is 5.36. The van der Waals surface area contributed by atoms with Crippen LogP contribution in [0.1, 0.15) is 46.0 Å². The Balaban J connectivity index is 1.97. The first-order chi connectivity index (χ1) is 6.71. The average molecular weight is 196 g/mol.